The summed E-state index contributed by atoms with van der Waals surface area (Å²) in [6.07, 6.45) is 1.69. The molecule has 1 atom stereocenters. The molecule has 5 rings (SSSR count). The molecule has 0 unspecified atom stereocenters. The molecule has 2 aliphatic rings. The quantitative estimate of drug-likeness (QED) is 0.294. The van der Waals surface area contributed by atoms with Crippen LogP contribution in [0.3, 0.4) is 0 Å². The largest absolute Gasteiger partial charge is 0.494 e. The van der Waals surface area contributed by atoms with Crippen LogP contribution < -0.4 is 0 Å². The summed E-state index contributed by atoms with van der Waals surface area (Å²) < 4.78 is 5.59. The van der Waals surface area contributed by atoms with Crippen molar-refractivity contribution in [2.45, 2.75) is 45.3 Å². The van der Waals surface area contributed by atoms with Crippen LogP contribution in [0.15, 0.2) is 52.6 Å². The van der Waals surface area contributed by atoms with Gasteiger partial charge in [-0.15, -0.1) is 0 Å². The van der Waals surface area contributed by atoms with Crippen molar-refractivity contribution < 1.29 is 19.5 Å². The van der Waals surface area contributed by atoms with E-state index < -0.39 is 5.60 Å². The fourth-order valence-electron chi connectivity index (χ4n) is 4.82. The molecule has 2 aliphatic heterocycles. The fraction of sp³-hybridized carbons (Fsp3) is 0.357. The molecular weight excluding hydrogens is 470 g/mol. The number of ether oxygens (including phenoxy) is 1. The number of benzene rings is 2. The summed E-state index contributed by atoms with van der Waals surface area (Å²) in [5.74, 6) is -0.261. The number of nitrogens with one attached hydrogen (secondary N) is 1. The number of aromatic amines is 1. The highest BCUT2D eigenvalue weighted by Crippen LogP contribution is 2.36. The lowest BCUT2D eigenvalue weighted by atomic mass is 10.0. The molecule has 0 aliphatic carbocycles. The Morgan fingerprint density at radius 2 is 2.11 bits per heavy atom. The summed E-state index contributed by atoms with van der Waals surface area (Å²) in [5, 5.41) is 25.2. The fourth-order valence-corrected chi connectivity index (χ4v) is 4.82. The molecule has 0 saturated carbocycles. The maximum absolute atomic E-state index is 12.6. The van der Waals surface area contributed by atoms with Crippen molar-refractivity contribution in [2.24, 2.45) is 10.1 Å². The number of fused-ring (bicyclic) bond motifs is 2. The first-order chi connectivity index (χ1) is 17.7. The molecule has 0 amide bonds. The van der Waals surface area contributed by atoms with Gasteiger partial charge in [-0.3, -0.25) is 9.69 Å². The van der Waals surface area contributed by atoms with Gasteiger partial charge in [0.15, 0.2) is 5.88 Å². The lowest BCUT2D eigenvalue weighted by molar-refractivity contribution is -0.160. The Bertz CT molecular complexity index is 1460. The molecule has 1 saturated heterocycles. The van der Waals surface area contributed by atoms with Crippen molar-refractivity contribution in [3.8, 4) is 11.9 Å². The zero-order valence-electron chi connectivity index (χ0n) is 21.1. The van der Waals surface area contributed by atoms with Crippen molar-refractivity contribution in [1.82, 2.24) is 9.88 Å². The molecule has 9 heteroatoms. The maximum Gasteiger partial charge on any atom is 0.323 e. The molecule has 0 spiro atoms. The lowest BCUT2D eigenvalue weighted by Gasteiger charge is -2.26. The maximum atomic E-state index is 12.6. The van der Waals surface area contributed by atoms with Gasteiger partial charge in [-0.05, 0) is 64.4 Å². The highest BCUT2D eigenvalue weighted by molar-refractivity contribution is 6.58. The van der Waals surface area contributed by atoms with Crippen LogP contribution in [0.5, 0.6) is 5.88 Å². The topological polar surface area (TPSA) is 123 Å². The van der Waals surface area contributed by atoms with Gasteiger partial charge in [0.1, 0.15) is 29.7 Å². The first-order valence-electron chi connectivity index (χ1n) is 12.4. The highest BCUT2D eigenvalue weighted by Gasteiger charge is 2.34. The van der Waals surface area contributed by atoms with E-state index in [0.717, 1.165) is 30.6 Å². The third-order valence-corrected chi connectivity index (χ3v) is 6.43. The summed E-state index contributed by atoms with van der Waals surface area (Å²) in [7, 11) is 0. The van der Waals surface area contributed by atoms with E-state index >= 15 is 0 Å². The Morgan fingerprint density at radius 1 is 1.30 bits per heavy atom. The van der Waals surface area contributed by atoms with Gasteiger partial charge >= 0.3 is 5.97 Å². The summed E-state index contributed by atoms with van der Waals surface area (Å²) in [6.45, 7) is 7.21. The molecule has 1 aromatic heterocycles. The second-order valence-corrected chi connectivity index (χ2v) is 10.2. The number of H-pyrrole nitrogens is 1. The highest BCUT2D eigenvalue weighted by atomic mass is 16.6. The van der Waals surface area contributed by atoms with E-state index in [1.54, 1.807) is 18.2 Å². The minimum absolute atomic E-state index is 0.0541. The number of hydrogen-bond acceptors (Lipinski definition) is 8. The number of rotatable bonds is 6. The normalized spacial score (nSPS) is 18.6. The van der Waals surface area contributed by atoms with E-state index in [-0.39, 0.29) is 24.5 Å². The number of carbonyl (C=O) groups is 1. The summed E-state index contributed by atoms with van der Waals surface area (Å²) in [5.41, 5.74) is 3.57. The van der Waals surface area contributed by atoms with Gasteiger partial charge in [0.25, 0.3) is 0 Å². The Balaban J connectivity index is 1.37. The van der Waals surface area contributed by atoms with E-state index in [0.29, 0.717) is 40.0 Å². The number of esters is 1. The standard InChI is InChI=1S/C28H29N5O4/c1-28(2,3)37-27(35)22-9-6-12-33(22)13-14-36-32-24-18-7-4-5-8-20(18)30-25(24)23-19-15-17(16-29)10-11-21(19)31-26(23)34/h4-5,7-8,10-11,15,22,31,34H,6,9,12-14H2,1-3H3/t22-/m0/s1. The Labute approximate surface area is 215 Å². The van der Waals surface area contributed by atoms with E-state index in [9.17, 15) is 15.2 Å². The monoisotopic (exact) mass is 499 g/mol. The minimum Gasteiger partial charge on any atom is -0.494 e. The van der Waals surface area contributed by atoms with Gasteiger partial charge in [-0.25, -0.2) is 4.99 Å². The van der Waals surface area contributed by atoms with Crippen LogP contribution >= 0.6 is 0 Å². The molecule has 2 N–H and O–H groups in total. The first kappa shape index (κ1) is 24.5. The molecule has 0 radical (unpaired) electrons. The molecule has 9 nitrogen and oxygen atoms in total. The third-order valence-electron chi connectivity index (χ3n) is 6.43. The van der Waals surface area contributed by atoms with Crippen molar-refractivity contribution in [2.75, 3.05) is 19.7 Å². The molecule has 37 heavy (non-hydrogen) atoms. The van der Waals surface area contributed by atoms with Crippen molar-refractivity contribution in [1.29, 1.82) is 5.26 Å². The van der Waals surface area contributed by atoms with E-state index in [2.05, 4.69) is 21.1 Å². The van der Waals surface area contributed by atoms with E-state index in [1.165, 1.54) is 0 Å². The average molecular weight is 500 g/mol. The van der Waals surface area contributed by atoms with Crippen LogP contribution in [0.4, 0.5) is 5.69 Å². The zero-order valence-corrected chi connectivity index (χ0v) is 21.1. The molecule has 190 valence electrons. The SMILES string of the molecule is CC(C)(C)OC(=O)[C@@H]1CCCN1CCON=C1C(c2c(O)[nH]c3ccc(C#N)cc23)=Nc2ccccc21. The molecule has 2 aromatic carbocycles. The molecular formula is C28H29N5O4. The van der Waals surface area contributed by atoms with E-state index in [1.807, 2.05) is 45.0 Å². The Kier molecular flexibility index (Phi) is 6.44. The number of oxime groups is 1. The Morgan fingerprint density at radius 3 is 2.89 bits per heavy atom. The number of para-hydroxylation sites is 1. The number of aliphatic imine (C=N–C) groups is 1. The number of aromatic hydroxyl groups is 1. The summed E-state index contributed by atoms with van der Waals surface area (Å²) in [6, 6.07) is 14.6. The predicted molar refractivity (Wildman–Crippen MR) is 140 cm³/mol. The second-order valence-electron chi connectivity index (χ2n) is 10.2. The van der Waals surface area contributed by atoms with Crippen LogP contribution in [-0.2, 0) is 14.4 Å². The lowest BCUT2D eigenvalue weighted by Crippen LogP contribution is -2.41. The van der Waals surface area contributed by atoms with Crippen molar-refractivity contribution in [3.05, 3.63) is 59.2 Å². The van der Waals surface area contributed by atoms with Gasteiger partial charge in [-0.2, -0.15) is 5.26 Å². The first-order valence-corrected chi connectivity index (χ1v) is 12.4. The Hall–Kier alpha value is -4.16. The smallest absolute Gasteiger partial charge is 0.323 e. The van der Waals surface area contributed by atoms with Gasteiger partial charge in [0.2, 0.25) is 0 Å². The van der Waals surface area contributed by atoms with E-state index in [4.69, 9.17) is 14.6 Å². The van der Waals surface area contributed by atoms with Gasteiger partial charge in [-0.1, -0.05) is 23.4 Å². The number of hydrogen-bond donors (Lipinski definition) is 2. The number of carbonyl (C=O) groups excluding carboxylic acids is 1. The van der Waals surface area contributed by atoms with Crippen LogP contribution in [0.25, 0.3) is 10.9 Å². The van der Waals surface area contributed by atoms with Gasteiger partial charge < -0.3 is 19.7 Å². The van der Waals surface area contributed by atoms with Gasteiger partial charge in [0, 0.05) is 23.0 Å². The molecule has 1 fully saturated rings. The van der Waals surface area contributed by atoms with Crippen LogP contribution in [-0.4, -0.2) is 63.7 Å². The second kappa shape index (κ2) is 9.71. The predicted octanol–water partition coefficient (Wildman–Crippen LogP) is 4.41. The molecule has 3 heterocycles. The molecule has 0 bridgehead atoms. The number of likely N-dealkylation sites (tertiary alicyclic amines) is 1. The zero-order chi connectivity index (χ0) is 26.2. The van der Waals surface area contributed by atoms with Crippen LogP contribution in [0, 0.1) is 11.3 Å². The minimum atomic E-state index is -0.526. The van der Waals surface area contributed by atoms with Crippen molar-refractivity contribution in [3.63, 3.8) is 0 Å². The third kappa shape index (κ3) is 4.93. The van der Waals surface area contributed by atoms with Crippen LogP contribution in [0.2, 0.25) is 0 Å². The number of aromatic nitrogens is 1. The van der Waals surface area contributed by atoms with Gasteiger partial charge in [0.05, 0.1) is 22.9 Å². The molecule has 3 aromatic rings. The summed E-state index contributed by atoms with van der Waals surface area (Å²) in [4.78, 5) is 28.1. The van der Waals surface area contributed by atoms with Crippen molar-refractivity contribution >= 4 is 34.0 Å². The summed E-state index contributed by atoms with van der Waals surface area (Å²) >= 11 is 0. The number of nitriles is 1. The average Bonchev–Trinajstić information content (AvgIpc) is 3.55. The van der Waals surface area contributed by atoms with Crippen LogP contribution in [0.1, 0.15) is 50.3 Å². The number of nitrogens with zero attached hydrogens (tertiary/aromatic N) is 4.